The van der Waals surface area contributed by atoms with Crippen LogP contribution in [0.5, 0.6) is 0 Å². The fourth-order valence-corrected chi connectivity index (χ4v) is 8.43. The number of likely N-dealkylation sites (tertiary alicyclic amines) is 2. The lowest BCUT2D eigenvalue weighted by Gasteiger charge is -2.43. The molecule has 13 heteroatoms. The van der Waals surface area contributed by atoms with Crippen LogP contribution >= 0.6 is 31.9 Å². The van der Waals surface area contributed by atoms with Crippen molar-refractivity contribution in [3.63, 3.8) is 0 Å². The van der Waals surface area contributed by atoms with Crippen molar-refractivity contribution in [2.24, 2.45) is 0 Å². The number of piperazine rings is 1. The number of amides is 5. The van der Waals surface area contributed by atoms with Gasteiger partial charge in [0.15, 0.2) is 0 Å². The minimum atomic E-state index is -0.714. The Morgan fingerprint density at radius 1 is 0.935 bits per heavy atom. The Hall–Kier alpha value is -2.87. The molecule has 11 nitrogen and oxygen atoms in total. The first-order chi connectivity index (χ1) is 22.2. The van der Waals surface area contributed by atoms with Gasteiger partial charge in [0, 0.05) is 86.0 Å². The van der Waals surface area contributed by atoms with E-state index in [0.29, 0.717) is 57.2 Å². The summed E-state index contributed by atoms with van der Waals surface area (Å²) in [6.07, 6.45) is 13.4. The number of nitrogens with two attached hydrogens (primary N) is 1. The molecule has 0 radical (unpaired) electrons. The monoisotopic (exact) mass is 758 g/mol. The van der Waals surface area contributed by atoms with Crippen molar-refractivity contribution in [2.45, 2.75) is 56.3 Å². The minimum absolute atomic E-state index is 0.000289. The number of nitrogen functional groups attached to an aromatic ring is 1. The normalized spacial score (nSPS) is 24.0. The van der Waals surface area contributed by atoms with Crippen LogP contribution in [-0.4, -0.2) is 126 Å². The highest BCUT2D eigenvalue weighted by Crippen LogP contribution is 2.31. The van der Waals surface area contributed by atoms with Gasteiger partial charge in [-0.3, -0.25) is 14.6 Å². The Labute approximate surface area is 288 Å². The summed E-state index contributed by atoms with van der Waals surface area (Å²) in [7, 11) is 2.17. The molecule has 4 aliphatic heterocycles. The van der Waals surface area contributed by atoms with E-state index in [0.717, 1.165) is 59.1 Å². The molecule has 5 aliphatic rings. The van der Waals surface area contributed by atoms with Crippen LogP contribution in [0.3, 0.4) is 0 Å². The van der Waals surface area contributed by atoms with Gasteiger partial charge in [-0.2, -0.15) is 0 Å². The van der Waals surface area contributed by atoms with Gasteiger partial charge in [0.25, 0.3) is 0 Å². The van der Waals surface area contributed by atoms with E-state index in [1.54, 1.807) is 9.80 Å². The van der Waals surface area contributed by atoms with Crippen molar-refractivity contribution in [3.8, 4) is 0 Å². The van der Waals surface area contributed by atoms with Crippen LogP contribution in [0.15, 0.2) is 57.2 Å². The molecule has 46 heavy (non-hydrogen) atoms. The third-order valence-electron chi connectivity index (χ3n) is 10.0. The molecule has 2 atom stereocenters. The number of carbonyl (C=O) groups excluding carboxylic acids is 3. The van der Waals surface area contributed by atoms with E-state index in [9.17, 15) is 14.4 Å². The average Bonchev–Trinajstić information content (AvgIpc) is 3.06. The molecular weight excluding hydrogens is 716 g/mol. The summed E-state index contributed by atoms with van der Waals surface area (Å²) in [5, 5.41) is 6.16. The van der Waals surface area contributed by atoms with E-state index in [-0.39, 0.29) is 30.1 Å². The van der Waals surface area contributed by atoms with Crippen LogP contribution < -0.4 is 16.4 Å². The highest BCUT2D eigenvalue weighted by Gasteiger charge is 2.36. The van der Waals surface area contributed by atoms with Gasteiger partial charge in [0.1, 0.15) is 6.04 Å². The van der Waals surface area contributed by atoms with E-state index in [1.807, 2.05) is 47.5 Å². The molecule has 0 saturated carbocycles. The highest BCUT2D eigenvalue weighted by molar-refractivity contribution is 9.11. The SMILES string of the molecule is CN1CCN(C2CCN(C(=O)[C@@H](Cc3cc(Br)c(N)c(Br)c3)NC(=O)N3CCC(N4C=C5C=CC=CC5NC4=O)CC3)CC2)CC1. The molecule has 1 aromatic rings. The van der Waals surface area contributed by atoms with E-state index in [4.69, 9.17) is 5.73 Å². The number of hydrogen-bond acceptors (Lipinski definition) is 6. The third kappa shape index (κ3) is 7.48. The molecule has 1 unspecified atom stereocenters. The molecule has 1 aliphatic carbocycles. The van der Waals surface area contributed by atoms with Crippen molar-refractivity contribution in [1.82, 2.24) is 35.1 Å². The Kier molecular flexibility index (Phi) is 10.4. The zero-order valence-electron chi connectivity index (χ0n) is 26.3. The van der Waals surface area contributed by atoms with Crippen molar-refractivity contribution in [3.05, 3.63) is 62.7 Å². The summed E-state index contributed by atoms with van der Waals surface area (Å²) in [6, 6.07) is 3.15. The predicted octanol–water partition coefficient (Wildman–Crippen LogP) is 3.52. The van der Waals surface area contributed by atoms with E-state index >= 15 is 0 Å². The molecule has 3 fully saturated rings. The third-order valence-corrected chi connectivity index (χ3v) is 11.3. The average molecular weight is 761 g/mol. The number of fused-ring (bicyclic) bond motifs is 1. The fourth-order valence-electron chi connectivity index (χ4n) is 7.15. The summed E-state index contributed by atoms with van der Waals surface area (Å²) >= 11 is 7.05. The largest absolute Gasteiger partial charge is 0.397 e. The predicted molar refractivity (Wildman–Crippen MR) is 186 cm³/mol. The maximum absolute atomic E-state index is 14.1. The van der Waals surface area contributed by atoms with Gasteiger partial charge in [0.2, 0.25) is 5.91 Å². The molecule has 5 amide bonds. The van der Waals surface area contributed by atoms with Crippen molar-refractivity contribution in [1.29, 1.82) is 0 Å². The second-order valence-electron chi connectivity index (χ2n) is 13.0. The van der Waals surface area contributed by atoms with Gasteiger partial charge in [-0.05, 0) is 87.9 Å². The Bertz CT molecular complexity index is 1390. The second-order valence-corrected chi connectivity index (χ2v) is 14.7. The molecule has 0 spiro atoms. The number of urea groups is 2. The molecule has 3 saturated heterocycles. The Balaban J connectivity index is 1.09. The molecule has 6 rings (SSSR count). The molecule has 4 heterocycles. The smallest absolute Gasteiger partial charge is 0.322 e. The van der Waals surface area contributed by atoms with Gasteiger partial charge in [-0.1, -0.05) is 24.3 Å². The van der Waals surface area contributed by atoms with E-state index < -0.39 is 6.04 Å². The summed E-state index contributed by atoms with van der Waals surface area (Å²) in [5.41, 5.74) is 8.67. The van der Waals surface area contributed by atoms with Crippen LogP contribution in [0.2, 0.25) is 0 Å². The number of carbonyl (C=O) groups is 3. The van der Waals surface area contributed by atoms with E-state index in [2.05, 4.69) is 59.3 Å². The maximum Gasteiger partial charge on any atom is 0.322 e. The molecule has 0 aromatic heterocycles. The lowest BCUT2D eigenvalue weighted by Crippen LogP contribution is -2.58. The quantitative estimate of drug-likeness (QED) is 0.383. The highest BCUT2D eigenvalue weighted by atomic mass is 79.9. The summed E-state index contributed by atoms with van der Waals surface area (Å²) in [4.78, 5) is 51.0. The zero-order valence-corrected chi connectivity index (χ0v) is 29.5. The van der Waals surface area contributed by atoms with Gasteiger partial charge >= 0.3 is 12.1 Å². The van der Waals surface area contributed by atoms with Crippen molar-refractivity contribution < 1.29 is 14.4 Å². The van der Waals surface area contributed by atoms with Crippen LogP contribution in [0.1, 0.15) is 31.2 Å². The minimum Gasteiger partial charge on any atom is -0.397 e. The number of rotatable bonds is 6. The maximum atomic E-state index is 14.1. The lowest BCUT2D eigenvalue weighted by molar-refractivity contribution is -0.135. The van der Waals surface area contributed by atoms with Crippen LogP contribution in [0.25, 0.3) is 0 Å². The first kappa shape index (κ1) is 33.0. The molecular formula is C33H44Br2N8O3. The molecule has 0 bridgehead atoms. The summed E-state index contributed by atoms with van der Waals surface area (Å²) < 4.78 is 1.49. The Morgan fingerprint density at radius 2 is 1.57 bits per heavy atom. The first-order valence-corrected chi connectivity index (χ1v) is 17.9. The van der Waals surface area contributed by atoms with Crippen LogP contribution in [0.4, 0.5) is 15.3 Å². The van der Waals surface area contributed by atoms with Gasteiger partial charge in [0.05, 0.1) is 11.7 Å². The summed E-state index contributed by atoms with van der Waals surface area (Å²) in [5.74, 6) is -0.0510. The number of nitrogens with zero attached hydrogens (tertiary/aromatic N) is 5. The topological polar surface area (TPSA) is 117 Å². The number of nitrogens with one attached hydrogen (secondary N) is 2. The van der Waals surface area contributed by atoms with Gasteiger partial charge < -0.3 is 31.1 Å². The van der Waals surface area contributed by atoms with Crippen molar-refractivity contribution >= 4 is 55.5 Å². The number of allylic oxidation sites excluding steroid dienone is 2. The molecule has 248 valence electrons. The number of hydrogen-bond donors (Lipinski definition) is 3. The number of benzene rings is 1. The van der Waals surface area contributed by atoms with E-state index in [1.165, 1.54) is 0 Å². The van der Waals surface area contributed by atoms with Gasteiger partial charge in [-0.25, -0.2) is 9.59 Å². The van der Waals surface area contributed by atoms with Crippen molar-refractivity contribution in [2.75, 3.05) is 65.1 Å². The zero-order chi connectivity index (χ0) is 32.4. The fraction of sp³-hybridized carbons (Fsp3) is 0.545. The molecule has 1 aromatic carbocycles. The number of piperidine rings is 2. The second kappa shape index (κ2) is 14.5. The standard InChI is InChI=1S/C33H44Br2N8O3/c1-39-14-16-40(17-15-39)24-6-10-41(11-7-24)31(44)29(20-22-18-26(34)30(36)27(35)19-22)38-32(45)42-12-8-25(9-13-42)43-21-23-4-2-3-5-28(23)37-33(43)46/h2-5,18-19,21,24-25,28-29H,6-17,20,36H2,1H3,(H,37,46)(H,38,45)/t28?,29-/m1/s1. The number of halogens is 2. The summed E-state index contributed by atoms with van der Waals surface area (Å²) in [6.45, 7) is 6.66. The lowest BCUT2D eigenvalue weighted by atomic mass is 9.98. The number of anilines is 1. The molecule has 4 N–H and O–H groups in total. The van der Waals surface area contributed by atoms with Crippen LogP contribution in [-0.2, 0) is 11.2 Å². The number of likely N-dealkylation sites (N-methyl/N-ethyl adjacent to an activating group) is 1. The first-order valence-electron chi connectivity index (χ1n) is 16.3. The van der Waals surface area contributed by atoms with Crippen LogP contribution in [0, 0.1) is 0 Å². The van der Waals surface area contributed by atoms with Gasteiger partial charge in [-0.15, -0.1) is 0 Å². The Morgan fingerprint density at radius 3 is 2.24 bits per heavy atom.